The molecule has 1 N–H and O–H groups in total. The molecule has 1 saturated carbocycles. The van der Waals surface area contributed by atoms with Crippen LogP contribution in [0.4, 0.5) is 0 Å². The Morgan fingerprint density at radius 3 is 2.64 bits per heavy atom. The molecule has 128 valence electrons. The first-order chi connectivity index (χ1) is 12.2. The summed E-state index contributed by atoms with van der Waals surface area (Å²) in [5, 5.41) is 8.20. The Kier molecular flexibility index (Phi) is 4.40. The zero-order chi connectivity index (χ0) is 17.2. The Morgan fingerprint density at radius 1 is 1.12 bits per heavy atom. The van der Waals surface area contributed by atoms with E-state index in [1.807, 2.05) is 30.3 Å². The number of hydrogen-bond acceptors (Lipinski definition) is 3. The van der Waals surface area contributed by atoms with Crippen LogP contribution in [0.5, 0.6) is 0 Å². The van der Waals surface area contributed by atoms with Crippen LogP contribution in [0, 0.1) is 0 Å². The van der Waals surface area contributed by atoms with Gasteiger partial charge in [-0.3, -0.25) is 4.79 Å². The molecule has 0 aliphatic heterocycles. The van der Waals surface area contributed by atoms with Crippen molar-refractivity contribution in [2.45, 2.75) is 38.1 Å². The Morgan fingerprint density at radius 2 is 1.88 bits per heavy atom. The molecule has 5 nitrogen and oxygen atoms in total. The van der Waals surface area contributed by atoms with Crippen LogP contribution in [0.25, 0.3) is 16.9 Å². The zero-order valence-electron chi connectivity index (χ0n) is 13.8. The molecule has 1 amide bonds. The number of nitrogens with zero attached hydrogens (tertiary/aromatic N) is 3. The highest BCUT2D eigenvalue weighted by atomic mass is 35.5. The second-order valence-electron chi connectivity index (χ2n) is 6.44. The second-order valence-corrected chi connectivity index (χ2v) is 6.88. The number of halogens is 1. The van der Waals surface area contributed by atoms with Crippen LogP contribution in [0.3, 0.4) is 0 Å². The van der Waals surface area contributed by atoms with Gasteiger partial charge in [0.05, 0.1) is 11.9 Å². The fraction of sp³-hybridized carbons (Fsp3) is 0.316. The van der Waals surface area contributed by atoms with Gasteiger partial charge in [-0.25, -0.2) is 9.50 Å². The van der Waals surface area contributed by atoms with E-state index in [1.165, 1.54) is 19.3 Å². The average Bonchev–Trinajstić information content (AvgIpc) is 3.07. The maximum absolute atomic E-state index is 12.7. The summed E-state index contributed by atoms with van der Waals surface area (Å²) in [4.78, 5) is 17.0. The van der Waals surface area contributed by atoms with Crippen LogP contribution >= 0.6 is 11.6 Å². The minimum absolute atomic E-state index is 0.0948. The summed E-state index contributed by atoms with van der Waals surface area (Å²) < 4.78 is 1.71. The molecule has 0 atom stereocenters. The minimum atomic E-state index is -0.0948. The van der Waals surface area contributed by atoms with E-state index in [0.717, 1.165) is 24.1 Å². The van der Waals surface area contributed by atoms with E-state index in [0.29, 0.717) is 16.2 Å². The summed E-state index contributed by atoms with van der Waals surface area (Å²) in [6, 6.07) is 9.68. The summed E-state index contributed by atoms with van der Waals surface area (Å²) in [6.45, 7) is 0. The van der Waals surface area contributed by atoms with Gasteiger partial charge in [0.1, 0.15) is 5.56 Å². The zero-order valence-corrected chi connectivity index (χ0v) is 14.5. The summed E-state index contributed by atoms with van der Waals surface area (Å²) >= 11 is 5.97. The topological polar surface area (TPSA) is 59.3 Å². The molecule has 0 spiro atoms. The van der Waals surface area contributed by atoms with Crippen LogP contribution in [0.2, 0.25) is 5.02 Å². The SMILES string of the molecule is O=C(NC1CCCCC1)c1cnn2c(-c3ccc(Cl)cc3)ccnc12. The lowest BCUT2D eigenvalue weighted by Crippen LogP contribution is -2.36. The first kappa shape index (κ1) is 16.1. The van der Waals surface area contributed by atoms with E-state index in [2.05, 4.69) is 15.4 Å². The number of hydrogen-bond donors (Lipinski definition) is 1. The predicted molar refractivity (Wildman–Crippen MR) is 97.8 cm³/mol. The van der Waals surface area contributed by atoms with Gasteiger partial charge in [0, 0.05) is 22.8 Å². The van der Waals surface area contributed by atoms with E-state index in [4.69, 9.17) is 11.6 Å². The first-order valence-electron chi connectivity index (χ1n) is 8.62. The van der Waals surface area contributed by atoms with E-state index in [9.17, 15) is 4.79 Å². The van der Waals surface area contributed by atoms with E-state index in [-0.39, 0.29) is 11.9 Å². The molecule has 0 saturated heterocycles. The highest BCUT2D eigenvalue weighted by molar-refractivity contribution is 6.30. The molecule has 3 aromatic rings. The summed E-state index contributed by atoms with van der Waals surface area (Å²) in [5.41, 5.74) is 2.93. The number of amides is 1. The van der Waals surface area contributed by atoms with Crippen molar-refractivity contribution in [2.24, 2.45) is 0 Å². The van der Waals surface area contributed by atoms with Gasteiger partial charge in [-0.15, -0.1) is 0 Å². The van der Waals surface area contributed by atoms with Gasteiger partial charge >= 0.3 is 0 Å². The van der Waals surface area contributed by atoms with Crippen molar-refractivity contribution in [2.75, 3.05) is 0 Å². The lowest BCUT2D eigenvalue weighted by molar-refractivity contribution is 0.0929. The third kappa shape index (κ3) is 3.24. The predicted octanol–water partition coefficient (Wildman–Crippen LogP) is 4.11. The Balaban J connectivity index is 1.66. The third-order valence-electron chi connectivity index (χ3n) is 4.73. The van der Waals surface area contributed by atoms with E-state index in [1.54, 1.807) is 16.9 Å². The van der Waals surface area contributed by atoms with Gasteiger partial charge in [0.15, 0.2) is 5.65 Å². The maximum atomic E-state index is 12.7. The number of carbonyl (C=O) groups is 1. The van der Waals surface area contributed by atoms with Crippen molar-refractivity contribution in [1.82, 2.24) is 19.9 Å². The summed E-state index contributed by atoms with van der Waals surface area (Å²) in [5.74, 6) is -0.0948. The Bertz CT molecular complexity index is 897. The highest BCUT2D eigenvalue weighted by Gasteiger charge is 2.20. The van der Waals surface area contributed by atoms with Gasteiger partial charge in [-0.05, 0) is 31.0 Å². The van der Waals surface area contributed by atoms with E-state index < -0.39 is 0 Å². The standard InChI is InChI=1S/C19H19ClN4O/c20-14-8-6-13(7-9-14)17-10-11-21-18-16(12-22-24(17)18)19(25)23-15-4-2-1-3-5-15/h6-12,15H,1-5H2,(H,23,25). The van der Waals surface area contributed by atoms with Crippen LogP contribution in [-0.2, 0) is 0 Å². The molecule has 6 heteroatoms. The number of nitrogens with one attached hydrogen (secondary N) is 1. The second kappa shape index (κ2) is 6.84. The maximum Gasteiger partial charge on any atom is 0.256 e. The lowest BCUT2D eigenvalue weighted by atomic mass is 9.95. The molecule has 0 radical (unpaired) electrons. The van der Waals surface area contributed by atoms with Gasteiger partial charge in [0.2, 0.25) is 0 Å². The molecule has 1 aromatic carbocycles. The molecular weight excluding hydrogens is 336 g/mol. The molecule has 0 unspecified atom stereocenters. The van der Waals surface area contributed by atoms with Crippen molar-refractivity contribution >= 4 is 23.2 Å². The summed E-state index contributed by atoms with van der Waals surface area (Å²) in [7, 11) is 0. The number of aromatic nitrogens is 3. The minimum Gasteiger partial charge on any atom is -0.349 e. The van der Waals surface area contributed by atoms with Crippen molar-refractivity contribution < 1.29 is 4.79 Å². The average molecular weight is 355 g/mol. The third-order valence-corrected chi connectivity index (χ3v) is 4.98. The molecule has 2 heterocycles. The monoisotopic (exact) mass is 354 g/mol. The molecular formula is C19H19ClN4O. The van der Waals surface area contributed by atoms with Crippen molar-refractivity contribution in [1.29, 1.82) is 0 Å². The normalized spacial score (nSPS) is 15.4. The fourth-order valence-corrected chi connectivity index (χ4v) is 3.53. The number of benzene rings is 1. The largest absolute Gasteiger partial charge is 0.349 e. The fourth-order valence-electron chi connectivity index (χ4n) is 3.40. The number of rotatable bonds is 3. The first-order valence-corrected chi connectivity index (χ1v) is 9.00. The van der Waals surface area contributed by atoms with E-state index >= 15 is 0 Å². The van der Waals surface area contributed by atoms with Crippen LogP contribution < -0.4 is 5.32 Å². The number of fused-ring (bicyclic) bond motifs is 1. The molecule has 0 bridgehead atoms. The quantitative estimate of drug-likeness (QED) is 0.769. The smallest absolute Gasteiger partial charge is 0.256 e. The molecule has 1 fully saturated rings. The van der Waals surface area contributed by atoms with Crippen molar-refractivity contribution in [3.63, 3.8) is 0 Å². The van der Waals surface area contributed by atoms with Crippen molar-refractivity contribution in [3.8, 4) is 11.3 Å². The molecule has 1 aliphatic rings. The van der Waals surface area contributed by atoms with Crippen LogP contribution in [0.1, 0.15) is 42.5 Å². The molecule has 4 rings (SSSR count). The Hall–Kier alpha value is -2.40. The van der Waals surface area contributed by atoms with Crippen LogP contribution in [-0.4, -0.2) is 26.5 Å². The molecule has 25 heavy (non-hydrogen) atoms. The number of carbonyl (C=O) groups excluding carboxylic acids is 1. The lowest BCUT2D eigenvalue weighted by Gasteiger charge is -2.22. The van der Waals surface area contributed by atoms with Crippen molar-refractivity contribution in [3.05, 3.63) is 53.3 Å². The summed E-state index contributed by atoms with van der Waals surface area (Å²) in [6.07, 6.45) is 9.02. The Labute approximate surface area is 151 Å². The van der Waals surface area contributed by atoms with Gasteiger partial charge in [-0.2, -0.15) is 5.10 Å². The van der Waals surface area contributed by atoms with Gasteiger partial charge < -0.3 is 5.32 Å². The van der Waals surface area contributed by atoms with Gasteiger partial charge in [0.25, 0.3) is 5.91 Å². The van der Waals surface area contributed by atoms with Gasteiger partial charge in [-0.1, -0.05) is 43.0 Å². The molecule has 2 aromatic heterocycles. The molecule has 1 aliphatic carbocycles. The van der Waals surface area contributed by atoms with Crippen LogP contribution in [0.15, 0.2) is 42.7 Å². The highest BCUT2D eigenvalue weighted by Crippen LogP contribution is 2.23.